The zero-order chi connectivity index (χ0) is 18.6. The third-order valence-electron chi connectivity index (χ3n) is 5.03. The number of aromatic nitrogens is 2. The number of hydrogen-bond donors (Lipinski definition) is 0. The molecule has 3 rings (SSSR count). The Labute approximate surface area is 149 Å². The molecular formula is C19H24N2O3S. The largest absolute Gasteiger partial charge is 0.288 e. The van der Waals surface area contributed by atoms with E-state index in [1.54, 1.807) is 23.0 Å². The summed E-state index contributed by atoms with van der Waals surface area (Å²) < 4.78 is 26.6. The van der Waals surface area contributed by atoms with Gasteiger partial charge in [-0.3, -0.25) is 9.48 Å². The predicted molar refractivity (Wildman–Crippen MR) is 96.9 cm³/mol. The van der Waals surface area contributed by atoms with E-state index in [4.69, 9.17) is 0 Å². The molecule has 6 heteroatoms. The van der Waals surface area contributed by atoms with Crippen LogP contribution in [0.4, 0.5) is 0 Å². The lowest BCUT2D eigenvalue weighted by atomic mass is 9.81. The molecule has 1 aliphatic heterocycles. The Bertz CT molecular complexity index is 969. The Hall–Kier alpha value is -1.95. The molecule has 0 saturated heterocycles. The summed E-state index contributed by atoms with van der Waals surface area (Å²) in [4.78, 5) is 13.5. The lowest BCUT2D eigenvalue weighted by Gasteiger charge is -2.21. The minimum absolute atomic E-state index is 0.0851. The van der Waals surface area contributed by atoms with Crippen molar-refractivity contribution in [3.05, 3.63) is 46.3 Å². The number of ketones is 1. The van der Waals surface area contributed by atoms with Crippen LogP contribution in [-0.4, -0.2) is 29.7 Å². The van der Waals surface area contributed by atoms with Gasteiger partial charge >= 0.3 is 0 Å². The topological polar surface area (TPSA) is 69.0 Å². The molecule has 134 valence electrons. The van der Waals surface area contributed by atoms with Crippen molar-refractivity contribution in [2.45, 2.75) is 50.8 Å². The van der Waals surface area contributed by atoms with E-state index < -0.39 is 15.3 Å². The van der Waals surface area contributed by atoms with Gasteiger partial charge in [0.2, 0.25) is 0 Å². The molecule has 1 aromatic heterocycles. The van der Waals surface area contributed by atoms with Crippen molar-refractivity contribution in [3.8, 4) is 0 Å². The van der Waals surface area contributed by atoms with Gasteiger partial charge in [-0.25, -0.2) is 8.42 Å². The summed E-state index contributed by atoms with van der Waals surface area (Å²) in [6.07, 6.45) is 3.32. The highest BCUT2D eigenvalue weighted by molar-refractivity contribution is 7.91. The molecule has 1 aliphatic rings. The number of fused-ring (bicyclic) bond motifs is 1. The minimum atomic E-state index is -3.28. The van der Waals surface area contributed by atoms with E-state index >= 15 is 0 Å². The number of rotatable bonds is 4. The van der Waals surface area contributed by atoms with Gasteiger partial charge in [0.25, 0.3) is 0 Å². The summed E-state index contributed by atoms with van der Waals surface area (Å²) >= 11 is 0. The van der Waals surface area contributed by atoms with Gasteiger partial charge in [-0.1, -0.05) is 27.2 Å². The van der Waals surface area contributed by atoms with E-state index in [9.17, 15) is 13.2 Å². The molecule has 0 fully saturated rings. The highest BCUT2D eigenvalue weighted by Gasteiger charge is 2.42. The molecule has 0 aliphatic carbocycles. The van der Waals surface area contributed by atoms with E-state index in [1.807, 2.05) is 27.8 Å². The molecule has 0 radical (unpaired) electrons. The third kappa shape index (κ3) is 2.72. The lowest BCUT2D eigenvalue weighted by molar-refractivity contribution is 0.103. The first-order chi connectivity index (χ1) is 11.6. The van der Waals surface area contributed by atoms with Crippen molar-refractivity contribution in [1.82, 2.24) is 9.78 Å². The van der Waals surface area contributed by atoms with E-state index in [-0.39, 0.29) is 11.5 Å². The van der Waals surface area contributed by atoms with Crippen LogP contribution in [0.2, 0.25) is 0 Å². The molecule has 5 nitrogen and oxygen atoms in total. The van der Waals surface area contributed by atoms with Crippen molar-refractivity contribution in [1.29, 1.82) is 0 Å². The molecule has 2 heterocycles. The van der Waals surface area contributed by atoms with Gasteiger partial charge in [0.05, 0.1) is 22.4 Å². The molecule has 0 spiro atoms. The molecule has 2 aromatic rings. The lowest BCUT2D eigenvalue weighted by Crippen LogP contribution is -2.21. The molecule has 0 atom stereocenters. The van der Waals surface area contributed by atoms with Crippen LogP contribution in [0.3, 0.4) is 0 Å². The zero-order valence-corrected chi connectivity index (χ0v) is 16.2. The Morgan fingerprint density at radius 3 is 2.60 bits per heavy atom. The summed E-state index contributed by atoms with van der Waals surface area (Å²) in [5.74, 6) is -0.00105. The number of carbonyl (C=O) groups excluding carboxylic acids is 1. The molecular weight excluding hydrogens is 336 g/mol. The van der Waals surface area contributed by atoms with Crippen molar-refractivity contribution in [2.24, 2.45) is 7.05 Å². The van der Waals surface area contributed by atoms with Gasteiger partial charge in [-0.15, -0.1) is 0 Å². The van der Waals surface area contributed by atoms with Crippen molar-refractivity contribution < 1.29 is 13.2 Å². The van der Waals surface area contributed by atoms with Crippen LogP contribution >= 0.6 is 0 Å². The Kier molecular flexibility index (Phi) is 4.14. The number of benzene rings is 1. The van der Waals surface area contributed by atoms with Gasteiger partial charge in [-0.05, 0) is 36.6 Å². The minimum Gasteiger partial charge on any atom is -0.288 e. The summed E-state index contributed by atoms with van der Waals surface area (Å²) in [6, 6.07) is 3.24. The van der Waals surface area contributed by atoms with E-state index in [0.29, 0.717) is 16.0 Å². The van der Waals surface area contributed by atoms with E-state index in [1.165, 1.54) is 0 Å². The number of nitrogens with zero attached hydrogens (tertiary/aromatic N) is 2. The molecule has 1 aromatic carbocycles. The highest BCUT2D eigenvalue weighted by atomic mass is 32.2. The number of carbonyl (C=O) groups is 1. The molecule has 0 unspecified atom stereocenters. The fourth-order valence-electron chi connectivity index (χ4n) is 3.99. The van der Waals surface area contributed by atoms with Gasteiger partial charge in [0.15, 0.2) is 15.6 Å². The average molecular weight is 360 g/mol. The number of sulfone groups is 1. The summed E-state index contributed by atoms with van der Waals surface area (Å²) in [5, 5.41) is 4.24. The van der Waals surface area contributed by atoms with Gasteiger partial charge < -0.3 is 0 Å². The Balaban J connectivity index is 2.17. The van der Waals surface area contributed by atoms with Crippen LogP contribution in [-0.2, 0) is 28.7 Å². The predicted octanol–water partition coefficient (Wildman–Crippen LogP) is 2.98. The first-order valence-electron chi connectivity index (χ1n) is 8.52. The Morgan fingerprint density at radius 2 is 1.96 bits per heavy atom. The third-order valence-corrected chi connectivity index (χ3v) is 7.14. The van der Waals surface area contributed by atoms with E-state index in [2.05, 4.69) is 12.0 Å². The highest BCUT2D eigenvalue weighted by Crippen LogP contribution is 2.42. The molecule has 0 saturated carbocycles. The van der Waals surface area contributed by atoms with Crippen LogP contribution in [0.25, 0.3) is 0 Å². The van der Waals surface area contributed by atoms with Crippen LogP contribution in [0.5, 0.6) is 0 Å². The second kappa shape index (κ2) is 5.80. The maximum Gasteiger partial charge on any atom is 0.196 e. The summed E-state index contributed by atoms with van der Waals surface area (Å²) in [5.41, 5.74) is 3.13. The molecule has 25 heavy (non-hydrogen) atoms. The van der Waals surface area contributed by atoms with Crippen LogP contribution in [0.15, 0.2) is 23.2 Å². The molecule has 0 bridgehead atoms. The second-order valence-corrected chi connectivity index (χ2v) is 9.42. The number of hydrogen-bond acceptors (Lipinski definition) is 4. The van der Waals surface area contributed by atoms with Crippen LogP contribution < -0.4 is 0 Å². The first-order valence-corrected chi connectivity index (χ1v) is 10.2. The van der Waals surface area contributed by atoms with Gasteiger partial charge in [-0.2, -0.15) is 5.10 Å². The standard InChI is InChI=1S/C19H24N2O3S/c1-6-7-15-14(10-20-21(15)5)18(22)13-8-9-16-17(12(13)2)19(3,4)11-25(16,23)24/h8-10H,6-7,11H2,1-5H3. The van der Waals surface area contributed by atoms with Crippen molar-refractivity contribution >= 4 is 15.6 Å². The van der Waals surface area contributed by atoms with Crippen LogP contribution in [0, 0.1) is 6.92 Å². The summed E-state index contributed by atoms with van der Waals surface area (Å²) in [7, 11) is -1.44. The molecule has 0 N–H and O–H groups in total. The van der Waals surface area contributed by atoms with Crippen molar-refractivity contribution in [2.75, 3.05) is 5.75 Å². The first kappa shape index (κ1) is 17.9. The molecule has 0 amide bonds. The van der Waals surface area contributed by atoms with Crippen molar-refractivity contribution in [3.63, 3.8) is 0 Å². The smallest absolute Gasteiger partial charge is 0.196 e. The summed E-state index contributed by atoms with van der Waals surface area (Å²) in [6.45, 7) is 7.76. The van der Waals surface area contributed by atoms with Gasteiger partial charge in [0.1, 0.15) is 0 Å². The average Bonchev–Trinajstić information content (AvgIpc) is 2.95. The fraction of sp³-hybridized carbons (Fsp3) is 0.474. The Morgan fingerprint density at radius 1 is 1.28 bits per heavy atom. The normalized spacial score (nSPS) is 17.5. The number of aryl methyl sites for hydroxylation is 1. The van der Waals surface area contributed by atoms with Crippen LogP contribution in [0.1, 0.15) is 59.9 Å². The zero-order valence-electron chi connectivity index (χ0n) is 15.4. The SMILES string of the molecule is CCCc1c(C(=O)c2ccc3c(c2C)C(C)(C)CS3(=O)=O)cnn1C. The second-order valence-electron chi connectivity index (χ2n) is 7.46. The maximum absolute atomic E-state index is 13.1. The fourth-order valence-corrected chi connectivity index (χ4v) is 6.25. The monoisotopic (exact) mass is 360 g/mol. The van der Waals surface area contributed by atoms with Gasteiger partial charge in [0, 0.05) is 23.7 Å². The van der Waals surface area contributed by atoms with E-state index in [0.717, 1.165) is 29.7 Å². The maximum atomic E-state index is 13.1. The quantitative estimate of drug-likeness (QED) is 0.786.